The number of hydrogen-bond donors (Lipinski definition) is 3. The van der Waals surface area contributed by atoms with E-state index >= 15 is 0 Å². The fourth-order valence-electron chi connectivity index (χ4n) is 1.35. The van der Waals surface area contributed by atoms with Gasteiger partial charge in [0.15, 0.2) is 0 Å². The molecule has 0 radical (unpaired) electrons. The number of anilines is 1. The maximum absolute atomic E-state index is 11.2. The first kappa shape index (κ1) is 14.3. The molecule has 1 aromatic heterocycles. The minimum atomic E-state index is -0.00720. The van der Waals surface area contributed by atoms with Crippen LogP contribution in [0, 0.1) is 6.92 Å². The van der Waals surface area contributed by atoms with Gasteiger partial charge < -0.3 is 16.4 Å². The highest BCUT2D eigenvalue weighted by atomic mass is 32.1. The van der Waals surface area contributed by atoms with Crippen LogP contribution in [0.3, 0.4) is 0 Å². The summed E-state index contributed by atoms with van der Waals surface area (Å²) >= 11 is 4.87. The topological polar surface area (TPSA) is 92.9 Å². The summed E-state index contributed by atoms with van der Waals surface area (Å²) in [5, 5.41) is 5.68. The number of nitrogens with zero attached hydrogens (tertiary/aromatic N) is 2. The van der Waals surface area contributed by atoms with Crippen LogP contribution >= 0.6 is 12.2 Å². The second-order valence-corrected chi connectivity index (χ2v) is 4.15. The van der Waals surface area contributed by atoms with Gasteiger partial charge in [0.25, 0.3) is 0 Å². The van der Waals surface area contributed by atoms with Gasteiger partial charge in [-0.1, -0.05) is 12.2 Å². The quantitative estimate of drug-likeness (QED) is 0.644. The first-order valence-electron chi connectivity index (χ1n) is 5.69. The molecule has 0 aliphatic heterocycles. The lowest BCUT2D eigenvalue weighted by atomic mass is 10.3. The van der Waals surface area contributed by atoms with E-state index in [9.17, 15) is 4.79 Å². The Labute approximate surface area is 111 Å². The molecule has 0 spiro atoms. The van der Waals surface area contributed by atoms with E-state index in [0.717, 1.165) is 5.69 Å². The van der Waals surface area contributed by atoms with Gasteiger partial charge in [0, 0.05) is 25.2 Å². The van der Waals surface area contributed by atoms with Crippen molar-refractivity contribution in [1.82, 2.24) is 15.3 Å². The zero-order valence-corrected chi connectivity index (χ0v) is 11.3. The fourth-order valence-corrected chi connectivity index (χ4v) is 1.45. The Kier molecular flexibility index (Phi) is 5.44. The smallest absolute Gasteiger partial charge is 0.223 e. The molecule has 0 aliphatic carbocycles. The zero-order chi connectivity index (χ0) is 13.5. The third-order valence-corrected chi connectivity index (χ3v) is 2.32. The Bertz CT molecular complexity index is 449. The lowest BCUT2D eigenvalue weighted by Crippen LogP contribution is -2.25. The molecule has 0 bridgehead atoms. The summed E-state index contributed by atoms with van der Waals surface area (Å²) in [6.07, 6.45) is 0.369. The van der Waals surface area contributed by atoms with Gasteiger partial charge in [-0.15, -0.1) is 0 Å². The Morgan fingerprint density at radius 2 is 2.22 bits per heavy atom. The number of carbonyl (C=O) groups excluding carboxylic acids is 1. The van der Waals surface area contributed by atoms with Crippen LogP contribution in [0.2, 0.25) is 0 Å². The van der Waals surface area contributed by atoms with Crippen LogP contribution in [0.1, 0.15) is 24.7 Å². The molecule has 6 nitrogen and oxygen atoms in total. The number of aromatic nitrogens is 2. The van der Waals surface area contributed by atoms with E-state index < -0.39 is 0 Å². The number of amides is 1. The minimum Gasteiger partial charge on any atom is -0.388 e. The standard InChI is InChI=1S/C11H17N5OS/c1-3-13-9(17)4-5-14-11-15-7(2)6-8(16-11)10(12)18/h6H,3-5H2,1-2H3,(H2,12,18)(H,13,17)(H,14,15,16). The Balaban J connectivity index is 2.57. The van der Waals surface area contributed by atoms with E-state index in [4.69, 9.17) is 18.0 Å². The molecule has 1 heterocycles. The van der Waals surface area contributed by atoms with Crippen molar-refractivity contribution in [3.05, 3.63) is 17.5 Å². The first-order chi connectivity index (χ1) is 8.52. The molecule has 7 heteroatoms. The van der Waals surface area contributed by atoms with Crippen molar-refractivity contribution in [2.24, 2.45) is 5.73 Å². The van der Waals surface area contributed by atoms with Crippen molar-refractivity contribution in [2.45, 2.75) is 20.3 Å². The van der Waals surface area contributed by atoms with Gasteiger partial charge in [0.1, 0.15) is 10.7 Å². The summed E-state index contributed by atoms with van der Waals surface area (Å²) < 4.78 is 0. The van der Waals surface area contributed by atoms with Gasteiger partial charge >= 0.3 is 0 Å². The molecule has 4 N–H and O–H groups in total. The molecular formula is C11H17N5OS. The number of nitrogens with two attached hydrogens (primary N) is 1. The van der Waals surface area contributed by atoms with Crippen LogP contribution < -0.4 is 16.4 Å². The summed E-state index contributed by atoms with van der Waals surface area (Å²) in [5.74, 6) is 0.425. The number of thiocarbonyl (C=S) groups is 1. The second kappa shape index (κ2) is 6.85. The predicted molar refractivity (Wildman–Crippen MR) is 74.4 cm³/mol. The van der Waals surface area contributed by atoms with Gasteiger partial charge in [0.05, 0.1) is 0 Å². The molecule has 18 heavy (non-hydrogen) atoms. The van der Waals surface area contributed by atoms with E-state index in [1.54, 1.807) is 6.07 Å². The van der Waals surface area contributed by atoms with Crippen LogP contribution in [-0.4, -0.2) is 34.0 Å². The number of rotatable bonds is 6. The lowest BCUT2D eigenvalue weighted by molar-refractivity contribution is -0.120. The molecule has 0 saturated carbocycles. The molecule has 0 unspecified atom stereocenters. The van der Waals surface area contributed by atoms with Gasteiger partial charge in [-0.05, 0) is 19.9 Å². The maximum atomic E-state index is 11.2. The van der Waals surface area contributed by atoms with Gasteiger partial charge in [0.2, 0.25) is 11.9 Å². The highest BCUT2D eigenvalue weighted by Crippen LogP contribution is 2.04. The predicted octanol–water partition coefficient (Wildman–Crippen LogP) is 0.357. The summed E-state index contributed by atoms with van der Waals surface area (Å²) in [6.45, 7) is 4.80. The molecule has 0 atom stereocenters. The SMILES string of the molecule is CCNC(=O)CCNc1nc(C)cc(C(N)=S)n1. The van der Waals surface area contributed by atoms with Crippen LogP contribution in [0.25, 0.3) is 0 Å². The molecule has 0 aromatic carbocycles. The van der Waals surface area contributed by atoms with Gasteiger partial charge in [-0.25, -0.2) is 9.97 Å². The number of nitrogens with one attached hydrogen (secondary N) is 2. The molecule has 0 saturated heterocycles. The van der Waals surface area contributed by atoms with Crippen LogP contribution in [0.5, 0.6) is 0 Å². The van der Waals surface area contributed by atoms with Crippen molar-refractivity contribution in [2.75, 3.05) is 18.4 Å². The third kappa shape index (κ3) is 4.62. The van der Waals surface area contributed by atoms with Gasteiger partial charge in [-0.2, -0.15) is 0 Å². The average molecular weight is 267 g/mol. The van der Waals surface area contributed by atoms with Gasteiger partial charge in [-0.3, -0.25) is 4.79 Å². The maximum Gasteiger partial charge on any atom is 0.223 e. The average Bonchev–Trinajstić information content (AvgIpc) is 2.28. The summed E-state index contributed by atoms with van der Waals surface area (Å²) in [5.41, 5.74) is 6.81. The number of carbonyl (C=O) groups is 1. The molecule has 0 fully saturated rings. The lowest BCUT2D eigenvalue weighted by Gasteiger charge is -2.07. The highest BCUT2D eigenvalue weighted by molar-refractivity contribution is 7.80. The highest BCUT2D eigenvalue weighted by Gasteiger charge is 2.05. The van der Waals surface area contributed by atoms with Crippen LogP contribution in [0.15, 0.2) is 6.07 Å². The molecule has 98 valence electrons. The largest absolute Gasteiger partial charge is 0.388 e. The van der Waals surface area contributed by atoms with Crippen molar-refractivity contribution < 1.29 is 4.79 Å². The van der Waals surface area contributed by atoms with E-state index in [2.05, 4.69) is 20.6 Å². The normalized spacial score (nSPS) is 9.89. The van der Waals surface area contributed by atoms with Crippen LogP contribution in [-0.2, 0) is 4.79 Å². The molecule has 1 aromatic rings. The summed E-state index contributed by atoms with van der Waals surface area (Å²) in [6, 6.07) is 1.72. The molecule has 1 amide bonds. The minimum absolute atomic E-state index is 0.00720. The molecular weight excluding hydrogens is 250 g/mol. The van der Waals surface area contributed by atoms with Crippen molar-refractivity contribution >= 4 is 29.1 Å². The molecule has 1 rings (SSSR count). The van der Waals surface area contributed by atoms with Crippen molar-refractivity contribution in [3.63, 3.8) is 0 Å². The Hall–Kier alpha value is -1.76. The van der Waals surface area contributed by atoms with E-state index in [1.807, 2.05) is 13.8 Å². The molecule has 0 aliphatic rings. The second-order valence-electron chi connectivity index (χ2n) is 3.71. The zero-order valence-electron chi connectivity index (χ0n) is 10.5. The number of hydrogen-bond acceptors (Lipinski definition) is 5. The fraction of sp³-hybridized carbons (Fsp3) is 0.455. The third-order valence-electron chi connectivity index (χ3n) is 2.12. The van der Waals surface area contributed by atoms with E-state index in [1.165, 1.54) is 0 Å². The van der Waals surface area contributed by atoms with Crippen molar-refractivity contribution in [3.8, 4) is 0 Å². The summed E-state index contributed by atoms with van der Waals surface area (Å²) in [4.78, 5) is 19.8. The van der Waals surface area contributed by atoms with Crippen LogP contribution in [0.4, 0.5) is 5.95 Å². The summed E-state index contributed by atoms with van der Waals surface area (Å²) in [7, 11) is 0. The Morgan fingerprint density at radius 1 is 1.50 bits per heavy atom. The monoisotopic (exact) mass is 267 g/mol. The Morgan fingerprint density at radius 3 is 2.83 bits per heavy atom. The van der Waals surface area contributed by atoms with E-state index in [0.29, 0.717) is 31.2 Å². The van der Waals surface area contributed by atoms with Crippen molar-refractivity contribution in [1.29, 1.82) is 0 Å². The number of aryl methyl sites for hydroxylation is 1. The van der Waals surface area contributed by atoms with E-state index in [-0.39, 0.29) is 10.9 Å². The first-order valence-corrected chi connectivity index (χ1v) is 6.09.